The summed E-state index contributed by atoms with van der Waals surface area (Å²) in [5.74, 6) is 0. The zero-order valence-corrected chi connectivity index (χ0v) is 18.4. The molecule has 0 spiro atoms. The molecule has 0 saturated heterocycles. The normalized spacial score (nSPS) is 11.3. The van der Waals surface area contributed by atoms with Crippen molar-refractivity contribution in [2.24, 2.45) is 0 Å². The minimum atomic E-state index is 0.916. The van der Waals surface area contributed by atoms with E-state index in [9.17, 15) is 0 Å². The van der Waals surface area contributed by atoms with Crippen molar-refractivity contribution >= 4 is 21.9 Å². The van der Waals surface area contributed by atoms with Crippen LogP contribution in [-0.2, 0) is 12.8 Å². The van der Waals surface area contributed by atoms with Gasteiger partial charge in [-0.2, -0.15) is 0 Å². The summed E-state index contributed by atoms with van der Waals surface area (Å²) in [6, 6.07) is 42.9. The second kappa shape index (κ2) is 8.44. The van der Waals surface area contributed by atoms with E-state index in [1.165, 1.54) is 44.2 Å². The molecule has 1 heterocycles. The summed E-state index contributed by atoms with van der Waals surface area (Å²) in [6.07, 6.45) is 1.89. The number of benzene rings is 5. The van der Waals surface area contributed by atoms with Gasteiger partial charge in [0.2, 0.25) is 0 Å². The molecule has 0 unspecified atom stereocenters. The number of hydrogen-bond donors (Lipinski definition) is 0. The molecule has 0 amide bonds. The van der Waals surface area contributed by atoms with Gasteiger partial charge in [-0.25, -0.2) is 0 Å². The Labute approximate surface area is 193 Å². The second-order valence-electron chi connectivity index (χ2n) is 8.46. The maximum absolute atomic E-state index is 6.48. The fraction of sp³-hybridized carbons (Fsp3) is 0.0625. The third kappa shape index (κ3) is 3.62. The Bertz CT molecular complexity index is 1540. The van der Waals surface area contributed by atoms with Gasteiger partial charge in [-0.15, -0.1) is 0 Å². The van der Waals surface area contributed by atoms with E-state index in [0.717, 1.165) is 24.0 Å². The first-order valence-corrected chi connectivity index (χ1v) is 11.5. The molecule has 0 bridgehead atoms. The molecule has 0 saturated carbocycles. The predicted octanol–water partition coefficient (Wildman–Crippen LogP) is 8.71. The van der Waals surface area contributed by atoms with Gasteiger partial charge in [0.1, 0.15) is 11.2 Å². The van der Waals surface area contributed by atoms with Gasteiger partial charge in [-0.3, -0.25) is 0 Å². The number of para-hydroxylation sites is 1. The quantitative estimate of drug-likeness (QED) is 0.270. The van der Waals surface area contributed by atoms with Gasteiger partial charge in [-0.1, -0.05) is 109 Å². The molecule has 6 rings (SSSR count). The fourth-order valence-electron chi connectivity index (χ4n) is 4.85. The lowest BCUT2D eigenvalue weighted by Crippen LogP contribution is -1.96. The standard InChI is InChI=1S/C32H24O/c1-3-11-23(12-4-1)19-20-29-27(21-22-30-28-17-9-10-18-31(28)33-32(29)30)26-16-8-7-15-25(26)24-13-5-2-6-14-24/h1-18,21-22H,19-20H2. The Morgan fingerprint density at radius 3 is 1.94 bits per heavy atom. The first kappa shape index (κ1) is 19.6. The van der Waals surface area contributed by atoms with Crippen LogP contribution in [0.2, 0.25) is 0 Å². The number of rotatable bonds is 5. The number of hydrogen-bond acceptors (Lipinski definition) is 1. The van der Waals surface area contributed by atoms with E-state index in [4.69, 9.17) is 4.42 Å². The third-order valence-corrected chi connectivity index (χ3v) is 6.46. The van der Waals surface area contributed by atoms with E-state index in [1.54, 1.807) is 0 Å². The van der Waals surface area contributed by atoms with Crippen LogP contribution >= 0.6 is 0 Å². The molecule has 0 atom stereocenters. The Hall–Kier alpha value is -4.10. The predicted molar refractivity (Wildman–Crippen MR) is 138 cm³/mol. The average Bonchev–Trinajstić information content (AvgIpc) is 3.27. The van der Waals surface area contributed by atoms with E-state index in [1.807, 2.05) is 6.07 Å². The van der Waals surface area contributed by atoms with Gasteiger partial charge in [0, 0.05) is 16.3 Å². The van der Waals surface area contributed by atoms with Crippen LogP contribution in [0, 0.1) is 0 Å². The lowest BCUT2D eigenvalue weighted by molar-refractivity contribution is 0.662. The number of aryl methyl sites for hydroxylation is 2. The summed E-state index contributed by atoms with van der Waals surface area (Å²) in [7, 11) is 0. The van der Waals surface area contributed by atoms with Crippen molar-refractivity contribution in [3.8, 4) is 22.3 Å². The van der Waals surface area contributed by atoms with Crippen molar-refractivity contribution in [3.05, 3.63) is 132 Å². The summed E-state index contributed by atoms with van der Waals surface area (Å²) in [5, 5.41) is 2.37. The fourth-order valence-corrected chi connectivity index (χ4v) is 4.85. The first-order valence-electron chi connectivity index (χ1n) is 11.5. The summed E-state index contributed by atoms with van der Waals surface area (Å²) in [5.41, 5.74) is 9.53. The van der Waals surface area contributed by atoms with Gasteiger partial charge in [0.15, 0.2) is 0 Å². The van der Waals surface area contributed by atoms with Crippen LogP contribution in [0.15, 0.2) is 126 Å². The van der Waals surface area contributed by atoms with Crippen molar-refractivity contribution in [1.82, 2.24) is 0 Å². The summed E-state index contributed by atoms with van der Waals surface area (Å²) in [6.45, 7) is 0. The van der Waals surface area contributed by atoms with Crippen LogP contribution in [0.4, 0.5) is 0 Å². The minimum Gasteiger partial charge on any atom is -0.456 e. The zero-order valence-electron chi connectivity index (χ0n) is 18.4. The van der Waals surface area contributed by atoms with Gasteiger partial charge in [0.25, 0.3) is 0 Å². The van der Waals surface area contributed by atoms with E-state index in [0.29, 0.717) is 0 Å². The van der Waals surface area contributed by atoms with Crippen LogP contribution in [0.1, 0.15) is 11.1 Å². The van der Waals surface area contributed by atoms with Crippen LogP contribution < -0.4 is 0 Å². The Kier molecular flexibility index (Phi) is 5.01. The van der Waals surface area contributed by atoms with Crippen LogP contribution in [-0.4, -0.2) is 0 Å². The highest BCUT2D eigenvalue weighted by Gasteiger charge is 2.18. The van der Waals surface area contributed by atoms with Gasteiger partial charge in [-0.05, 0) is 52.8 Å². The van der Waals surface area contributed by atoms with E-state index in [2.05, 4.69) is 115 Å². The van der Waals surface area contributed by atoms with Crippen molar-refractivity contribution in [3.63, 3.8) is 0 Å². The van der Waals surface area contributed by atoms with Crippen LogP contribution in [0.25, 0.3) is 44.2 Å². The molecule has 0 radical (unpaired) electrons. The van der Waals surface area contributed by atoms with Crippen LogP contribution in [0.3, 0.4) is 0 Å². The molecule has 1 nitrogen and oxygen atoms in total. The SMILES string of the molecule is c1ccc(CCc2c(-c3ccccc3-c3ccccc3)ccc3c2oc2ccccc23)cc1. The summed E-state index contributed by atoms with van der Waals surface area (Å²) in [4.78, 5) is 0. The Balaban J connectivity index is 1.57. The number of fused-ring (bicyclic) bond motifs is 3. The maximum atomic E-state index is 6.48. The minimum absolute atomic E-state index is 0.916. The third-order valence-electron chi connectivity index (χ3n) is 6.46. The molecular weight excluding hydrogens is 400 g/mol. The molecule has 158 valence electrons. The maximum Gasteiger partial charge on any atom is 0.139 e. The largest absolute Gasteiger partial charge is 0.456 e. The highest BCUT2D eigenvalue weighted by atomic mass is 16.3. The van der Waals surface area contributed by atoms with Crippen molar-refractivity contribution < 1.29 is 4.42 Å². The molecule has 6 aromatic rings. The second-order valence-corrected chi connectivity index (χ2v) is 8.46. The molecule has 33 heavy (non-hydrogen) atoms. The average molecular weight is 425 g/mol. The molecule has 0 aliphatic rings. The smallest absolute Gasteiger partial charge is 0.139 e. The highest BCUT2D eigenvalue weighted by molar-refractivity contribution is 6.08. The monoisotopic (exact) mass is 424 g/mol. The van der Waals surface area contributed by atoms with Gasteiger partial charge in [0.05, 0.1) is 0 Å². The molecule has 0 aliphatic heterocycles. The molecule has 0 N–H and O–H groups in total. The molecule has 1 heteroatoms. The van der Waals surface area contributed by atoms with Crippen molar-refractivity contribution in [2.45, 2.75) is 12.8 Å². The molecule has 5 aromatic carbocycles. The summed E-state index contributed by atoms with van der Waals surface area (Å²) < 4.78 is 6.48. The van der Waals surface area contributed by atoms with Crippen molar-refractivity contribution in [2.75, 3.05) is 0 Å². The lowest BCUT2D eigenvalue weighted by Gasteiger charge is -2.15. The zero-order chi connectivity index (χ0) is 22.0. The van der Waals surface area contributed by atoms with E-state index < -0.39 is 0 Å². The Morgan fingerprint density at radius 1 is 0.455 bits per heavy atom. The topological polar surface area (TPSA) is 13.1 Å². The molecular formula is C32H24O. The molecule has 1 aromatic heterocycles. The van der Waals surface area contributed by atoms with E-state index >= 15 is 0 Å². The summed E-state index contributed by atoms with van der Waals surface area (Å²) >= 11 is 0. The first-order chi connectivity index (χ1) is 16.4. The molecule has 0 fully saturated rings. The van der Waals surface area contributed by atoms with Gasteiger partial charge < -0.3 is 4.42 Å². The number of furan rings is 1. The van der Waals surface area contributed by atoms with Gasteiger partial charge >= 0.3 is 0 Å². The van der Waals surface area contributed by atoms with Crippen molar-refractivity contribution in [1.29, 1.82) is 0 Å². The highest BCUT2D eigenvalue weighted by Crippen LogP contribution is 2.40. The Morgan fingerprint density at radius 2 is 1.12 bits per heavy atom. The van der Waals surface area contributed by atoms with E-state index in [-0.39, 0.29) is 0 Å². The molecule has 0 aliphatic carbocycles. The van der Waals surface area contributed by atoms with Crippen LogP contribution in [0.5, 0.6) is 0 Å². The lowest BCUT2D eigenvalue weighted by atomic mass is 9.89.